The highest BCUT2D eigenvalue weighted by atomic mass is 16.2. The molecule has 0 radical (unpaired) electrons. The number of hydrogen-bond acceptors (Lipinski definition) is 3. The molecule has 24 heavy (non-hydrogen) atoms. The van der Waals surface area contributed by atoms with E-state index in [1.807, 2.05) is 26.0 Å². The molecule has 0 fully saturated rings. The minimum absolute atomic E-state index is 0.0142. The summed E-state index contributed by atoms with van der Waals surface area (Å²) in [6.07, 6.45) is 2.01. The predicted octanol–water partition coefficient (Wildman–Crippen LogP) is 3.59. The number of benzene rings is 2. The average Bonchev–Trinajstić information content (AvgIpc) is 2.52. The van der Waals surface area contributed by atoms with Crippen molar-refractivity contribution in [3.8, 4) is 0 Å². The molecule has 3 N–H and O–H groups in total. The zero-order valence-electron chi connectivity index (χ0n) is 14.6. The fraction of sp³-hybridized carbons (Fsp3) is 0.350. The van der Waals surface area contributed by atoms with E-state index in [9.17, 15) is 4.79 Å². The number of nitrogen functional groups attached to an aromatic ring is 1. The van der Waals surface area contributed by atoms with E-state index in [4.69, 9.17) is 5.73 Å². The third kappa shape index (κ3) is 3.23. The lowest BCUT2D eigenvalue weighted by Gasteiger charge is -2.31. The Hall–Kier alpha value is -2.49. The van der Waals surface area contributed by atoms with E-state index in [2.05, 4.69) is 35.3 Å². The number of carbonyl (C=O) groups is 1. The van der Waals surface area contributed by atoms with Crippen LogP contribution in [0.5, 0.6) is 0 Å². The van der Waals surface area contributed by atoms with E-state index < -0.39 is 0 Å². The van der Waals surface area contributed by atoms with Crippen LogP contribution < -0.4 is 16.0 Å². The van der Waals surface area contributed by atoms with E-state index in [-0.39, 0.29) is 5.91 Å². The van der Waals surface area contributed by atoms with Crippen molar-refractivity contribution in [3.05, 3.63) is 52.6 Å². The van der Waals surface area contributed by atoms with Crippen LogP contribution >= 0.6 is 0 Å². The highest BCUT2D eigenvalue weighted by Crippen LogP contribution is 2.31. The molecule has 1 heterocycles. The number of nitrogens with zero attached hydrogens (tertiary/aromatic N) is 1. The molecule has 1 amide bonds. The predicted molar refractivity (Wildman–Crippen MR) is 101 cm³/mol. The van der Waals surface area contributed by atoms with Crippen LogP contribution in [-0.4, -0.2) is 19.0 Å². The summed E-state index contributed by atoms with van der Waals surface area (Å²) in [4.78, 5) is 14.7. The molecule has 0 unspecified atom stereocenters. The molecular formula is C20H25N3O. The molecule has 3 rings (SSSR count). The standard InChI is InChI=1S/C20H25N3O/c1-13-10-14(2)20(15(3)11-13)22-19(24)12-23-9-5-6-16-17(21)7-4-8-18(16)23/h4,7-8,10-11H,5-6,9,12,21H2,1-3H3,(H,22,24). The molecular weight excluding hydrogens is 298 g/mol. The molecule has 1 aliphatic heterocycles. The lowest BCUT2D eigenvalue weighted by atomic mass is 10.00. The van der Waals surface area contributed by atoms with Gasteiger partial charge in [0.1, 0.15) is 0 Å². The number of nitrogens with one attached hydrogen (secondary N) is 1. The van der Waals surface area contributed by atoms with Crippen LogP contribution in [-0.2, 0) is 11.2 Å². The molecule has 2 aromatic carbocycles. The summed E-state index contributed by atoms with van der Waals surface area (Å²) in [5.74, 6) is 0.0142. The Kier molecular flexibility index (Phi) is 4.47. The van der Waals surface area contributed by atoms with Crippen molar-refractivity contribution >= 4 is 23.0 Å². The molecule has 0 saturated heterocycles. The number of carbonyl (C=O) groups excluding carboxylic acids is 1. The van der Waals surface area contributed by atoms with Crippen LogP contribution in [0.1, 0.15) is 28.7 Å². The summed E-state index contributed by atoms with van der Waals surface area (Å²) < 4.78 is 0. The summed E-state index contributed by atoms with van der Waals surface area (Å²) in [6, 6.07) is 10.1. The van der Waals surface area contributed by atoms with Crippen LogP contribution in [0.25, 0.3) is 0 Å². The molecule has 0 spiro atoms. The number of rotatable bonds is 3. The van der Waals surface area contributed by atoms with Crippen molar-refractivity contribution in [2.45, 2.75) is 33.6 Å². The zero-order chi connectivity index (χ0) is 17.3. The van der Waals surface area contributed by atoms with Gasteiger partial charge in [-0.2, -0.15) is 0 Å². The Bertz CT molecular complexity index is 759. The summed E-state index contributed by atoms with van der Waals surface area (Å²) in [5.41, 5.74) is 13.5. The average molecular weight is 323 g/mol. The normalized spacial score (nSPS) is 13.5. The van der Waals surface area contributed by atoms with Gasteiger partial charge in [0.2, 0.25) is 5.91 Å². The number of hydrogen-bond donors (Lipinski definition) is 2. The Balaban J connectivity index is 1.77. The van der Waals surface area contributed by atoms with Gasteiger partial charge in [-0.15, -0.1) is 0 Å². The molecule has 0 aliphatic carbocycles. The lowest BCUT2D eigenvalue weighted by molar-refractivity contribution is -0.115. The van der Waals surface area contributed by atoms with Crippen LogP contribution in [0.3, 0.4) is 0 Å². The maximum absolute atomic E-state index is 12.6. The van der Waals surface area contributed by atoms with E-state index in [1.54, 1.807) is 0 Å². The molecule has 126 valence electrons. The van der Waals surface area contributed by atoms with Gasteiger partial charge in [-0.25, -0.2) is 0 Å². The van der Waals surface area contributed by atoms with Crippen LogP contribution in [0.4, 0.5) is 17.1 Å². The minimum Gasteiger partial charge on any atom is -0.398 e. The monoisotopic (exact) mass is 323 g/mol. The van der Waals surface area contributed by atoms with Crippen molar-refractivity contribution in [2.75, 3.05) is 29.0 Å². The molecule has 0 atom stereocenters. The molecule has 4 heteroatoms. The number of anilines is 3. The first kappa shape index (κ1) is 16.4. The van der Waals surface area contributed by atoms with Crippen LogP contribution in [0.2, 0.25) is 0 Å². The molecule has 2 aromatic rings. The lowest BCUT2D eigenvalue weighted by Crippen LogP contribution is -2.37. The van der Waals surface area contributed by atoms with Gasteiger partial charge in [0.25, 0.3) is 0 Å². The topological polar surface area (TPSA) is 58.4 Å². The van der Waals surface area contributed by atoms with Crippen LogP contribution in [0.15, 0.2) is 30.3 Å². The van der Waals surface area contributed by atoms with E-state index in [0.717, 1.165) is 47.6 Å². The first-order valence-corrected chi connectivity index (χ1v) is 8.45. The van der Waals surface area contributed by atoms with E-state index >= 15 is 0 Å². The van der Waals surface area contributed by atoms with Gasteiger partial charge in [-0.1, -0.05) is 23.8 Å². The largest absolute Gasteiger partial charge is 0.398 e. The Labute approximate surface area is 143 Å². The number of nitrogens with two attached hydrogens (primary N) is 1. The van der Waals surface area contributed by atoms with Crippen molar-refractivity contribution in [1.82, 2.24) is 0 Å². The van der Waals surface area contributed by atoms with E-state index in [1.165, 1.54) is 11.1 Å². The van der Waals surface area contributed by atoms with Crippen molar-refractivity contribution in [3.63, 3.8) is 0 Å². The summed E-state index contributed by atoms with van der Waals surface area (Å²) >= 11 is 0. The van der Waals surface area contributed by atoms with Gasteiger partial charge in [0.15, 0.2) is 0 Å². The van der Waals surface area contributed by atoms with E-state index in [0.29, 0.717) is 6.54 Å². The third-order valence-electron chi connectivity index (χ3n) is 4.66. The van der Waals surface area contributed by atoms with Crippen molar-refractivity contribution < 1.29 is 4.79 Å². The van der Waals surface area contributed by atoms with Gasteiger partial charge in [0, 0.05) is 23.6 Å². The second-order valence-electron chi connectivity index (χ2n) is 6.69. The maximum atomic E-state index is 12.6. The molecule has 0 saturated carbocycles. The summed E-state index contributed by atoms with van der Waals surface area (Å²) in [7, 11) is 0. The quantitative estimate of drug-likeness (QED) is 0.849. The van der Waals surface area contributed by atoms with Gasteiger partial charge in [-0.3, -0.25) is 4.79 Å². The molecule has 1 aliphatic rings. The fourth-order valence-electron chi connectivity index (χ4n) is 3.62. The molecule has 0 aromatic heterocycles. The van der Waals surface area contributed by atoms with Crippen molar-refractivity contribution in [1.29, 1.82) is 0 Å². The molecule has 0 bridgehead atoms. The minimum atomic E-state index is 0.0142. The first-order chi connectivity index (χ1) is 11.5. The number of aryl methyl sites for hydroxylation is 3. The van der Waals surface area contributed by atoms with Crippen molar-refractivity contribution in [2.24, 2.45) is 0 Å². The fourth-order valence-corrected chi connectivity index (χ4v) is 3.62. The molecule has 4 nitrogen and oxygen atoms in total. The Morgan fingerprint density at radius 1 is 1.21 bits per heavy atom. The Morgan fingerprint density at radius 2 is 1.92 bits per heavy atom. The smallest absolute Gasteiger partial charge is 0.243 e. The third-order valence-corrected chi connectivity index (χ3v) is 4.66. The van der Waals surface area contributed by atoms with Gasteiger partial charge in [0.05, 0.1) is 6.54 Å². The highest BCUT2D eigenvalue weighted by molar-refractivity contribution is 5.95. The number of fused-ring (bicyclic) bond motifs is 1. The zero-order valence-corrected chi connectivity index (χ0v) is 14.6. The second kappa shape index (κ2) is 6.56. The summed E-state index contributed by atoms with van der Waals surface area (Å²) in [6.45, 7) is 7.37. The Morgan fingerprint density at radius 3 is 2.62 bits per heavy atom. The van der Waals surface area contributed by atoms with Gasteiger partial charge >= 0.3 is 0 Å². The number of amides is 1. The summed E-state index contributed by atoms with van der Waals surface area (Å²) in [5, 5.41) is 3.09. The van der Waals surface area contributed by atoms with Gasteiger partial charge < -0.3 is 16.0 Å². The maximum Gasteiger partial charge on any atom is 0.243 e. The second-order valence-corrected chi connectivity index (χ2v) is 6.69. The van der Waals surface area contributed by atoms with Crippen LogP contribution in [0, 0.1) is 20.8 Å². The van der Waals surface area contributed by atoms with Gasteiger partial charge in [-0.05, 0) is 62.4 Å². The SMILES string of the molecule is Cc1cc(C)c(NC(=O)CN2CCCc3c(N)cccc32)c(C)c1. The highest BCUT2D eigenvalue weighted by Gasteiger charge is 2.21. The first-order valence-electron chi connectivity index (χ1n) is 8.45.